The molecule has 4 heterocycles. The molecule has 1 saturated heterocycles. The van der Waals surface area contributed by atoms with Crippen molar-refractivity contribution in [1.82, 2.24) is 30.1 Å². The molecule has 3 aromatic rings. The van der Waals surface area contributed by atoms with E-state index >= 15 is 0 Å². The number of nitrogens with one attached hydrogen (secondary N) is 3. The average molecular weight is 454 g/mol. The maximum Gasteiger partial charge on any atom is 0.320 e. The summed E-state index contributed by atoms with van der Waals surface area (Å²) in [6.45, 7) is 7.36. The summed E-state index contributed by atoms with van der Waals surface area (Å²) >= 11 is 0. The van der Waals surface area contributed by atoms with Crippen LogP contribution in [0.4, 0.5) is 10.6 Å². The zero-order chi connectivity index (χ0) is 23.4. The third-order valence-electron chi connectivity index (χ3n) is 5.92. The van der Waals surface area contributed by atoms with Gasteiger partial charge < -0.3 is 24.7 Å². The lowest BCUT2D eigenvalue weighted by Crippen LogP contribution is -2.46. The summed E-state index contributed by atoms with van der Waals surface area (Å²) in [6, 6.07) is 3.61. The summed E-state index contributed by atoms with van der Waals surface area (Å²) < 4.78 is 13.2. The summed E-state index contributed by atoms with van der Waals surface area (Å²) in [5, 5.41) is 10.00. The Morgan fingerprint density at radius 2 is 1.94 bits per heavy atom. The van der Waals surface area contributed by atoms with E-state index in [2.05, 4.69) is 30.8 Å². The van der Waals surface area contributed by atoms with Gasteiger partial charge in [0, 0.05) is 63.5 Å². The fourth-order valence-electron chi connectivity index (χ4n) is 4.18. The van der Waals surface area contributed by atoms with Crippen molar-refractivity contribution in [3.63, 3.8) is 0 Å². The van der Waals surface area contributed by atoms with Crippen LogP contribution in [0, 0.1) is 6.92 Å². The number of pyridine rings is 2. The highest BCUT2D eigenvalue weighted by molar-refractivity contribution is 5.94. The maximum absolute atomic E-state index is 12.3. The first-order valence-electron chi connectivity index (χ1n) is 11.0. The molecule has 3 aromatic heterocycles. The van der Waals surface area contributed by atoms with Crippen LogP contribution in [0.3, 0.4) is 0 Å². The van der Waals surface area contributed by atoms with E-state index in [-0.39, 0.29) is 6.03 Å². The molecule has 1 fully saturated rings. The normalized spacial score (nSPS) is 14.3. The molecule has 10 heteroatoms. The Labute approximate surface area is 193 Å². The smallest absolute Gasteiger partial charge is 0.320 e. The predicted molar refractivity (Wildman–Crippen MR) is 128 cm³/mol. The van der Waals surface area contributed by atoms with E-state index in [4.69, 9.17) is 9.47 Å². The molecule has 0 saturated carbocycles. The van der Waals surface area contributed by atoms with Crippen LogP contribution in [0.1, 0.15) is 5.56 Å². The second kappa shape index (κ2) is 10.1. The minimum Gasteiger partial charge on any atom is -0.496 e. The van der Waals surface area contributed by atoms with E-state index in [1.807, 2.05) is 30.7 Å². The number of hydrogen-bond donors (Lipinski definition) is 3. The molecular formula is C23H31N7O3. The van der Waals surface area contributed by atoms with Gasteiger partial charge in [-0.25, -0.2) is 14.8 Å². The maximum atomic E-state index is 12.3. The van der Waals surface area contributed by atoms with E-state index in [0.29, 0.717) is 24.0 Å². The number of carbonyl (C=O) groups excluding carboxylic acids is 1. The van der Waals surface area contributed by atoms with Crippen molar-refractivity contribution in [2.45, 2.75) is 6.92 Å². The standard InChI is InChI=1S/C23H31N7O3/c1-15-13-27-22(33-4)20(21(15)32-3)17-11-16-12-19(26-14-18(16)29(17)2)28-23(31)25-7-10-30-8-5-24-6-9-30/h11-14,24H,5-10H2,1-4H3,(H2,25,26,28,31). The van der Waals surface area contributed by atoms with Gasteiger partial charge in [-0.2, -0.15) is 0 Å². The molecule has 2 amide bonds. The van der Waals surface area contributed by atoms with E-state index < -0.39 is 0 Å². The van der Waals surface area contributed by atoms with Crippen LogP contribution < -0.4 is 25.4 Å². The fraction of sp³-hybridized carbons (Fsp3) is 0.435. The molecule has 1 aliphatic heterocycles. The molecule has 0 unspecified atom stereocenters. The van der Waals surface area contributed by atoms with Crippen LogP contribution in [0.5, 0.6) is 11.6 Å². The Bertz CT molecular complexity index is 1140. The molecule has 0 spiro atoms. The lowest BCUT2D eigenvalue weighted by Gasteiger charge is -2.27. The molecule has 176 valence electrons. The molecule has 0 atom stereocenters. The minimum atomic E-state index is -0.264. The third kappa shape index (κ3) is 4.86. The van der Waals surface area contributed by atoms with Crippen LogP contribution in [0.2, 0.25) is 0 Å². The highest BCUT2D eigenvalue weighted by Crippen LogP contribution is 2.41. The first-order chi connectivity index (χ1) is 16.0. The Balaban J connectivity index is 1.52. The second-order valence-electron chi connectivity index (χ2n) is 8.05. The highest BCUT2D eigenvalue weighted by atomic mass is 16.5. The number of piperazine rings is 1. The summed E-state index contributed by atoms with van der Waals surface area (Å²) in [6.07, 6.45) is 3.48. The monoisotopic (exact) mass is 453 g/mol. The molecule has 3 N–H and O–H groups in total. The van der Waals surface area contributed by atoms with E-state index in [9.17, 15) is 4.79 Å². The van der Waals surface area contributed by atoms with Crippen molar-refractivity contribution in [3.05, 3.63) is 30.1 Å². The van der Waals surface area contributed by atoms with E-state index in [0.717, 1.165) is 60.4 Å². The van der Waals surface area contributed by atoms with Crippen LogP contribution in [-0.2, 0) is 7.05 Å². The van der Waals surface area contributed by atoms with Gasteiger partial charge in [0.25, 0.3) is 0 Å². The quantitative estimate of drug-likeness (QED) is 0.502. The van der Waals surface area contributed by atoms with Gasteiger partial charge in [-0.3, -0.25) is 10.2 Å². The van der Waals surface area contributed by atoms with Crippen molar-refractivity contribution in [2.24, 2.45) is 7.05 Å². The topological polar surface area (TPSA) is 106 Å². The second-order valence-corrected chi connectivity index (χ2v) is 8.05. The summed E-state index contributed by atoms with van der Waals surface area (Å²) in [5.74, 6) is 1.68. The van der Waals surface area contributed by atoms with Gasteiger partial charge in [-0.1, -0.05) is 0 Å². The Morgan fingerprint density at radius 3 is 2.67 bits per heavy atom. The number of aryl methyl sites for hydroxylation is 2. The van der Waals surface area contributed by atoms with Gasteiger partial charge in [-0.15, -0.1) is 0 Å². The summed E-state index contributed by atoms with van der Waals surface area (Å²) in [7, 11) is 5.18. The SMILES string of the molecule is COc1ncc(C)c(OC)c1-c1cc2cc(NC(=O)NCCN3CCNCC3)ncc2n1C. The summed E-state index contributed by atoms with van der Waals surface area (Å²) in [5.41, 5.74) is 3.49. The zero-order valence-corrected chi connectivity index (χ0v) is 19.6. The first-order valence-corrected chi connectivity index (χ1v) is 11.0. The van der Waals surface area contributed by atoms with Gasteiger partial charge in [0.05, 0.1) is 31.6 Å². The van der Waals surface area contributed by atoms with E-state index in [1.54, 1.807) is 26.6 Å². The van der Waals surface area contributed by atoms with Gasteiger partial charge >= 0.3 is 6.03 Å². The van der Waals surface area contributed by atoms with Gasteiger partial charge in [0.1, 0.15) is 17.1 Å². The van der Waals surface area contributed by atoms with Crippen molar-refractivity contribution >= 4 is 22.8 Å². The van der Waals surface area contributed by atoms with Crippen molar-refractivity contribution < 1.29 is 14.3 Å². The first kappa shape index (κ1) is 22.8. The van der Waals surface area contributed by atoms with Gasteiger partial charge in [0.2, 0.25) is 5.88 Å². The number of rotatable bonds is 7. The number of anilines is 1. The number of hydrogen-bond acceptors (Lipinski definition) is 7. The minimum absolute atomic E-state index is 0.264. The number of methoxy groups -OCH3 is 2. The Hall–Kier alpha value is -3.37. The number of urea groups is 1. The predicted octanol–water partition coefficient (Wildman–Crippen LogP) is 1.99. The number of nitrogens with zero attached hydrogens (tertiary/aromatic N) is 4. The van der Waals surface area contributed by atoms with Gasteiger partial charge in [0.15, 0.2) is 0 Å². The fourth-order valence-corrected chi connectivity index (χ4v) is 4.18. The van der Waals surface area contributed by atoms with Gasteiger partial charge in [-0.05, 0) is 19.1 Å². The molecule has 0 aromatic carbocycles. The molecule has 4 rings (SSSR count). The lowest BCUT2D eigenvalue weighted by atomic mass is 10.1. The van der Waals surface area contributed by atoms with Crippen LogP contribution in [-0.4, -0.2) is 79.0 Å². The number of ether oxygens (including phenoxy) is 2. The van der Waals surface area contributed by atoms with Crippen molar-refractivity contribution in [3.8, 4) is 22.9 Å². The molecule has 1 aliphatic rings. The molecule has 33 heavy (non-hydrogen) atoms. The molecule has 0 bridgehead atoms. The van der Waals surface area contributed by atoms with Crippen molar-refractivity contribution in [1.29, 1.82) is 0 Å². The Morgan fingerprint density at radius 1 is 1.15 bits per heavy atom. The molecule has 0 aliphatic carbocycles. The van der Waals surface area contributed by atoms with Crippen LogP contribution >= 0.6 is 0 Å². The summed E-state index contributed by atoms with van der Waals surface area (Å²) in [4.78, 5) is 23.5. The zero-order valence-electron chi connectivity index (χ0n) is 19.6. The largest absolute Gasteiger partial charge is 0.496 e. The lowest BCUT2D eigenvalue weighted by molar-refractivity contribution is 0.233. The molecular weight excluding hydrogens is 422 g/mol. The number of aromatic nitrogens is 3. The van der Waals surface area contributed by atoms with Crippen LogP contribution in [0.15, 0.2) is 24.5 Å². The number of carbonyl (C=O) groups is 1. The van der Waals surface area contributed by atoms with Crippen LogP contribution in [0.25, 0.3) is 22.2 Å². The van der Waals surface area contributed by atoms with Crippen molar-refractivity contribution in [2.75, 3.05) is 58.8 Å². The number of fused-ring (bicyclic) bond motifs is 1. The molecule has 0 radical (unpaired) electrons. The highest BCUT2D eigenvalue weighted by Gasteiger charge is 2.21. The third-order valence-corrected chi connectivity index (χ3v) is 5.92. The average Bonchev–Trinajstić information content (AvgIpc) is 3.14. The van der Waals surface area contributed by atoms with E-state index in [1.165, 1.54) is 0 Å². The molecule has 10 nitrogen and oxygen atoms in total. The number of amides is 2. The Kier molecular flexibility index (Phi) is 6.95.